The smallest absolute Gasteiger partial charge is 0.182 e. The van der Waals surface area contributed by atoms with Crippen LogP contribution in [0.25, 0.3) is 10.8 Å². The maximum atomic E-state index is 10.3. The van der Waals surface area contributed by atoms with E-state index in [4.69, 9.17) is 4.74 Å². The van der Waals surface area contributed by atoms with E-state index in [1.54, 1.807) is 6.07 Å². The predicted molar refractivity (Wildman–Crippen MR) is 120 cm³/mol. The Balaban J connectivity index is 1.75. The Morgan fingerprint density at radius 3 is 2.71 bits per heavy atom. The Morgan fingerprint density at radius 1 is 0.968 bits per heavy atom. The molecule has 0 saturated carbocycles. The summed E-state index contributed by atoms with van der Waals surface area (Å²) in [6.45, 7) is 2.09. The highest BCUT2D eigenvalue weighted by Crippen LogP contribution is 2.52. The molecule has 3 aromatic rings. The van der Waals surface area contributed by atoms with Crippen LogP contribution in [0, 0.1) is 6.92 Å². The monoisotopic (exact) mass is 404 g/mol. The van der Waals surface area contributed by atoms with Gasteiger partial charge in [0.15, 0.2) is 5.76 Å². The Morgan fingerprint density at radius 2 is 1.84 bits per heavy atom. The van der Waals surface area contributed by atoms with Crippen LogP contribution in [-0.2, 0) is 0 Å². The fraction of sp³-hybridized carbons (Fsp3) is 0.143. The number of aliphatic hydroxyl groups excluding tert-OH is 1. The summed E-state index contributed by atoms with van der Waals surface area (Å²) < 4.78 is 6.33. The van der Waals surface area contributed by atoms with Crippen LogP contribution in [0.5, 0.6) is 11.5 Å². The highest BCUT2D eigenvalue weighted by Gasteiger charge is 2.37. The number of phenols is 1. The molecule has 0 amide bonds. The van der Waals surface area contributed by atoms with E-state index in [9.17, 15) is 10.2 Å². The number of ether oxygens (including phenoxy) is 1. The zero-order valence-corrected chi connectivity index (χ0v) is 17.1. The number of allylic oxidation sites excluding steroid dienone is 5. The van der Waals surface area contributed by atoms with Gasteiger partial charge in [0, 0.05) is 29.0 Å². The van der Waals surface area contributed by atoms with E-state index in [0.717, 1.165) is 50.8 Å². The summed E-state index contributed by atoms with van der Waals surface area (Å²) in [5.74, 6) is 1.88. The molecule has 6 rings (SSSR count). The molecule has 3 aliphatic rings. The third-order valence-corrected chi connectivity index (χ3v) is 6.30. The average Bonchev–Trinajstić information content (AvgIpc) is 2.77. The standard InChI is InChI=1S/C28H20O3/c1-16-3-2-4-19(13-16)26-27-22-14-20(29)9-5-17(22)7-11-24(27)31-25-12-8-18-6-10-21(30)15-23(18)28(25)26/h2-5,7,9,11,13-15,26,29-30H,6,10H2,1H3. The summed E-state index contributed by atoms with van der Waals surface area (Å²) in [5.41, 5.74) is 12.8. The van der Waals surface area contributed by atoms with Crippen molar-refractivity contribution >= 4 is 10.8 Å². The molecule has 0 spiro atoms. The van der Waals surface area contributed by atoms with Crippen LogP contribution in [0.4, 0.5) is 0 Å². The lowest BCUT2D eigenvalue weighted by Gasteiger charge is -2.34. The van der Waals surface area contributed by atoms with Crippen molar-refractivity contribution in [3.05, 3.63) is 117 Å². The number of phenolic OH excluding ortho intramolecular Hbond substituents is 1. The van der Waals surface area contributed by atoms with E-state index < -0.39 is 0 Å². The van der Waals surface area contributed by atoms with Crippen LogP contribution in [-0.4, -0.2) is 10.2 Å². The van der Waals surface area contributed by atoms with E-state index in [0.29, 0.717) is 17.9 Å². The number of aliphatic hydroxyl groups is 1. The van der Waals surface area contributed by atoms with Crippen LogP contribution in [0.1, 0.15) is 35.4 Å². The van der Waals surface area contributed by atoms with Gasteiger partial charge in [-0.25, -0.2) is 0 Å². The molecule has 3 nitrogen and oxygen atoms in total. The quantitative estimate of drug-likeness (QED) is 0.456. The highest BCUT2D eigenvalue weighted by atomic mass is 16.5. The van der Waals surface area contributed by atoms with Crippen molar-refractivity contribution in [2.45, 2.75) is 25.7 Å². The summed E-state index contributed by atoms with van der Waals surface area (Å²) in [7, 11) is 0. The van der Waals surface area contributed by atoms with Gasteiger partial charge in [-0.3, -0.25) is 0 Å². The molecular weight excluding hydrogens is 384 g/mol. The minimum absolute atomic E-state index is 0.120. The van der Waals surface area contributed by atoms with Gasteiger partial charge in [0.2, 0.25) is 0 Å². The molecule has 31 heavy (non-hydrogen) atoms. The van der Waals surface area contributed by atoms with Crippen molar-refractivity contribution in [3.8, 4) is 11.5 Å². The van der Waals surface area contributed by atoms with Crippen LogP contribution >= 0.6 is 0 Å². The lowest BCUT2D eigenvalue weighted by molar-refractivity contribution is 0.382. The van der Waals surface area contributed by atoms with Crippen LogP contribution in [0.2, 0.25) is 0 Å². The van der Waals surface area contributed by atoms with Gasteiger partial charge in [0.05, 0.1) is 5.76 Å². The number of fused-ring (bicyclic) bond motifs is 5. The molecule has 3 aromatic carbocycles. The Labute approximate surface area is 180 Å². The predicted octanol–water partition coefficient (Wildman–Crippen LogP) is 6.49. The maximum absolute atomic E-state index is 10.3. The highest BCUT2D eigenvalue weighted by molar-refractivity contribution is 5.91. The van der Waals surface area contributed by atoms with E-state index in [1.165, 1.54) is 5.56 Å². The first-order valence-electron chi connectivity index (χ1n) is 10.5. The molecule has 0 fully saturated rings. The minimum Gasteiger partial charge on any atom is -0.512 e. The van der Waals surface area contributed by atoms with E-state index in [-0.39, 0.29) is 11.7 Å². The lowest BCUT2D eigenvalue weighted by Crippen LogP contribution is -2.21. The fourth-order valence-corrected chi connectivity index (χ4v) is 4.91. The van der Waals surface area contributed by atoms with Crippen LogP contribution in [0.3, 0.4) is 0 Å². The molecule has 0 bridgehead atoms. The molecule has 1 unspecified atom stereocenters. The van der Waals surface area contributed by atoms with Gasteiger partial charge in [-0.15, -0.1) is 0 Å². The summed E-state index contributed by atoms with van der Waals surface area (Å²) in [6, 6.07) is 17.9. The molecule has 0 aromatic heterocycles. The van der Waals surface area contributed by atoms with E-state index >= 15 is 0 Å². The number of aryl methyl sites for hydroxylation is 1. The first-order valence-corrected chi connectivity index (χ1v) is 10.5. The van der Waals surface area contributed by atoms with Gasteiger partial charge < -0.3 is 14.9 Å². The van der Waals surface area contributed by atoms with Gasteiger partial charge in [0.1, 0.15) is 11.5 Å². The van der Waals surface area contributed by atoms with Crippen LogP contribution in [0.15, 0.2) is 100 Å². The summed E-state index contributed by atoms with van der Waals surface area (Å²) >= 11 is 0. The largest absolute Gasteiger partial charge is 0.512 e. The van der Waals surface area contributed by atoms with Crippen molar-refractivity contribution in [3.63, 3.8) is 0 Å². The number of aromatic hydroxyl groups is 1. The molecule has 2 N–H and O–H groups in total. The van der Waals surface area contributed by atoms with Crippen molar-refractivity contribution in [1.29, 1.82) is 0 Å². The second kappa shape index (κ2) is 6.55. The van der Waals surface area contributed by atoms with Gasteiger partial charge >= 0.3 is 0 Å². The van der Waals surface area contributed by atoms with Crippen molar-refractivity contribution < 1.29 is 14.9 Å². The first-order chi connectivity index (χ1) is 15.1. The Bertz CT molecular complexity index is 1450. The zero-order chi connectivity index (χ0) is 21.1. The molecule has 0 radical (unpaired) electrons. The summed E-state index contributed by atoms with van der Waals surface area (Å²) in [4.78, 5) is 0. The van der Waals surface area contributed by atoms with E-state index in [2.05, 4.69) is 42.7 Å². The normalized spacial score (nSPS) is 19.0. The molecule has 0 saturated heterocycles. The SMILES string of the molecule is Cc1cccc(C2C3=C4C=C(O)CCC4=C=C=C3Oc3ccc4ccc(O)cc4c32)c1. The Hall–Kier alpha value is -3.90. The number of hydrogen-bond donors (Lipinski definition) is 2. The van der Waals surface area contributed by atoms with Gasteiger partial charge in [-0.05, 0) is 65.3 Å². The minimum atomic E-state index is -0.120. The zero-order valence-electron chi connectivity index (χ0n) is 17.1. The third-order valence-electron chi connectivity index (χ3n) is 6.30. The number of benzene rings is 3. The maximum Gasteiger partial charge on any atom is 0.182 e. The van der Waals surface area contributed by atoms with Gasteiger partial charge in [-0.2, -0.15) is 0 Å². The van der Waals surface area contributed by atoms with Crippen molar-refractivity contribution in [1.82, 2.24) is 0 Å². The molecule has 3 heteroatoms. The van der Waals surface area contributed by atoms with Gasteiger partial charge in [-0.1, -0.05) is 47.7 Å². The first kappa shape index (κ1) is 17.9. The Kier molecular flexibility index (Phi) is 3.79. The lowest BCUT2D eigenvalue weighted by atomic mass is 9.74. The fourth-order valence-electron chi connectivity index (χ4n) is 4.91. The third kappa shape index (κ3) is 2.76. The van der Waals surface area contributed by atoms with E-state index in [1.807, 2.05) is 30.3 Å². The van der Waals surface area contributed by atoms with Crippen LogP contribution < -0.4 is 4.74 Å². The summed E-state index contributed by atoms with van der Waals surface area (Å²) in [5, 5.41) is 22.6. The number of hydrogen-bond acceptors (Lipinski definition) is 3. The topological polar surface area (TPSA) is 49.7 Å². The van der Waals surface area contributed by atoms with Crippen molar-refractivity contribution in [2.75, 3.05) is 0 Å². The average molecular weight is 404 g/mol. The van der Waals surface area contributed by atoms with Crippen molar-refractivity contribution in [2.24, 2.45) is 0 Å². The summed E-state index contributed by atoms with van der Waals surface area (Å²) in [6.07, 6.45) is 3.19. The second-order valence-corrected chi connectivity index (χ2v) is 8.35. The molecule has 1 aliphatic heterocycles. The second-order valence-electron chi connectivity index (χ2n) is 8.35. The molecule has 1 heterocycles. The molecule has 150 valence electrons. The molecule has 1 atom stereocenters. The number of rotatable bonds is 1. The molecule has 2 aliphatic carbocycles. The molecular formula is C28H20O3. The van der Waals surface area contributed by atoms with Gasteiger partial charge in [0.25, 0.3) is 0 Å².